The van der Waals surface area contributed by atoms with E-state index in [0.717, 1.165) is 17.3 Å². The highest BCUT2D eigenvalue weighted by Crippen LogP contribution is 2.41. The van der Waals surface area contributed by atoms with Gasteiger partial charge < -0.3 is 14.6 Å². The van der Waals surface area contributed by atoms with Gasteiger partial charge in [-0.2, -0.15) is 0 Å². The molecule has 1 amide bonds. The van der Waals surface area contributed by atoms with Crippen molar-refractivity contribution in [3.8, 4) is 5.75 Å². The number of thioether (sulfide) groups is 1. The van der Waals surface area contributed by atoms with Gasteiger partial charge in [0.25, 0.3) is 5.91 Å². The van der Waals surface area contributed by atoms with Crippen LogP contribution in [0.3, 0.4) is 0 Å². The normalized spacial score (nSPS) is 15.2. The van der Waals surface area contributed by atoms with Crippen molar-refractivity contribution in [2.24, 2.45) is 4.99 Å². The lowest BCUT2D eigenvalue weighted by molar-refractivity contribution is -0.138. The molecule has 3 aromatic rings. The Balaban J connectivity index is 1.63. The first kappa shape index (κ1) is 29.1. The predicted octanol–water partition coefficient (Wildman–Crippen LogP) is 8.28. The van der Waals surface area contributed by atoms with Gasteiger partial charge in [0.05, 0.1) is 31.0 Å². The summed E-state index contributed by atoms with van der Waals surface area (Å²) in [5.41, 5.74) is 1.41. The largest absolute Gasteiger partial charge is 0.506 e. The van der Waals surface area contributed by atoms with E-state index in [-0.39, 0.29) is 46.0 Å². The number of aliphatic hydroxyl groups excluding tert-OH is 1. The second kappa shape index (κ2) is 13.0. The first-order valence-electron chi connectivity index (χ1n) is 11.4. The highest BCUT2D eigenvalue weighted by atomic mass is 79.9. The summed E-state index contributed by atoms with van der Waals surface area (Å²) in [5.74, 6) is -1.61. The molecule has 1 aliphatic rings. The van der Waals surface area contributed by atoms with Crippen LogP contribution < -0.4 is 4.74 Å². The zero-order valence-corrected chi connectivity index (χ0v) is 25.0. The Hall–Kier alpha value is -2.92. The van der Waals surface area contributed by atoms with Gasteiger partial charge in [0, 0.05) is 0 Å². The van der Waals surface area contributed by atoms with E-state index in [9.17, 15) is 19.1 Å². The number of amides is 1. The number of carbonyl (C=O) groups is 2. The number of halogens is 4. The summed E-state index contributed by atoms with van der Waals surface area (Å²) in [6, 6.07) is 15.9. The van der Waals surface area contributed by atoms with Crippen LogP contribution in [0.5, 0.6) is 5.75 Å². The van der Waals surface area contributed by atoms with Crippen molar-refractivity contribution in [3.63, 3.8) is 0 Å². The SMILES string of the molecule is CCOC(=O)C1=C(O)/C(=C/c2cc(Br)c(OCc3ccc(F)cc3)c(Br)c2)SC1=NC(=O)c1ccccc1Cl. The summed E-state index contributed by atoms with van der Waals surface area (Å²) in [6.45, 7) is 1.93. The number of nitrogens with zero attached hydrogens (tertiary/aromatic N) is 1. The predicted molar refractivity (Wildman–Crippen MR) is 158 cm³/mol. The molecule has 11 heteroatoms. The monoisotopic (exact) mass is 693 g/mol. The molecule has 1 aliphatic heterocycles. The molecule has 6 nitrogen and oxygen atoms in total. The smallest absolute Gasteiger partial charge is 0.344 e. The number of hydrogen-bond donors (Lipinski definition) is 1. The summed E-state index contributed by atoms with van der Waals surface area (Å²) in [6.07, 6.45) is 1.64. The third kappa shape index (κ3) is 7.00. The molecule has 0 aliphatic carbocycles. The molecule has 0 atom stereocenters. The lowest BCUT2D eigenvalue weighted by Crippen LogP contribution is -2.14. The zero-order valence-electron chi connectivity index (χ0n) is 20.2. The van der Waals surface area contributed by atoms with Gasteiger partial charge in [-0.3, -0.25) is 4.79 Å². The standard InChI is InChI=1S/C28H19Br2ClFNO5S/c1-2-37-28(36)23-24(34)22(39-27(23)33-26(35)18-5-3-4-6-21(18)31)13-16-11-19(29)25(20(30)12-16)38-14-15-7-9-17(32)10-8-15/h3-13,34H,2,14H2,1H3/b22-13-,33-27?. The number of esters is 1. The summed E-state index contributed by atoms with van der Waals surface area (Å²) in [5, 5.41) is 11.2. The Bertz CT molecular complexity index is 1520. The molecule has 0 spiro atoms. The molecule has 1 N–H and O–H groups in total. The summed E-state index contributed by atoms with van der Waals surface area (Å²) in [4.78, 5) is 29.8. The minimum absolute atomic E-state index is 0.000461. The molecule has 0 saturated heterocycles. The molecular weight excluding hydrogens is 677 g/mol. The molecule has 3 aromatic carbocycles. The summed E-state index contributed by atoms with van der Waals surface area (Å²) >= 11 is 14.1. The van der Waals surface area contributed by atoms with Crippen molar-refractivity contribution in [3.05, 3.63) is 113 Å². The Morgan fingerprint density at radius 1 is 1.10 bits per heavy atom. The summed E-state index contributed by atoms with van der Waals surface area (Å²) < 4.78 is 25.4. The van der Waals surface area contributed by atoms with Crippen LogP contribution in [0, 0.1) is 5.82 Å². The first-order valence-corrected chi connectivity index (χ1v) is 14.2. The molecule has 0 aromatic heterocycles. The lowest BCUT2D eigenvalue weighted by Gasteiger charge is -2.12. The second-order valence-corrected chi connectivity index (χ2v) is 11.1. The van der Waals surface area contributed by atoms with Crippen molar-refractivity contribution in [2.45, 2.75) is 13.5 Å². The van der Waals surface area contributed by atoms with Crippen LogP contribution >= 0.6 is 55.2 Å². The maximum absolute atomic E-state index is 13.2. The Kier molecular flexibility index (Phi) is 9.66. The van der Waals surface area contributed by atoms with E-state index in [1.165, 1.54) is 18.2 Å². The molecular formula is C28H19Br2ClFNO5S. The molecule has 0 unspecified atom stereocenters. The summed E-state index contributed by atoms with van der Waals surface area (Å²) in [7, 11) is 0. The third-order valence-electron chi connectivity index (χ3n) is 5.29. The average Bonchev–Trinajstić information content (AvgIpc) is 3.19. The molecule has 0 radical (unpaired) electrons. The van der Waals surface area contributed by atoms with E-state index in [4.69, 9.17) is 21.1 Å². The molecule has 0 bridgehead atoms. The van der Waals surface area contributed by atoms with Gasteiger partial charge in [-0.1, -0.05) is 47.6 Å². The van der Waals surface area contributed by atoms with Crippen LogP contribution in [-0.4, -0.2) is 28.6 Å². The van der Waals surface area contributed by atoms with E-state index < -0.39 is 11.9 Å². The third-order valence-corrected chi connectivity index (χ3v) is 7.82. The first-order chi connectivity index (χ1) is 18.7. The van der Waals surface area contributed by atoms with Crippen molar-refractivity contribution in [2.75, 3.05) is 6.61 Å². The van der Waals surface area contributed by atoms with Crippen molar-refractivity contribution < 1.29 is 28.6 Å². The van der Waals surface area contributed by atoms with Gasteiger partial charge in [0.2, 0.25) is 0 Å². The fourth-order valence-corrected chi connectivity index (χ4v) is 6.15. The van der Waals surface area contributed by atoms with E-state index in [0.29, 0.717) is 25.2 Å². The van der Waals surface area contributed by atoms with Gasteiger partial charge in [-0.15, -0.1) is 0 Å². The highest BCUT2D eigenvalue weighted by molar-refractivity contribution is 9.11. The fourth-order valence-electron chi connectivity index (χ4n) is 3.47. The zero-order chi connectivity index (χ0) is 28.1. The van der Waals surface area contributed by atoms with Gasteiger partial charge in [0.1, 0.15) is 34.5 Å². The van der Waals surface area contributed by atoms with Crippen LogP contribution in [-0.2, 0) is 16.1 Å². The Labute approximate surface area is 249 Å². The molecule has 200 valence electrons. The maximum Gasteiger partial charge on any atom is 0.344 e. The fraction of sp³-hybridized carbons (Fsp3) is 0.107. The minimum Gasteiger partial charge on any atom is -0.506 e. The number of rotatable bonds is 7. The number of aliphatic imine (C=N–C) groups is 1. The van der Waals surface area contributed by atoms with Gasteiger partial charge in [-0.05, 0) is 92.4 Å². The van der Waals surface area contributed by atoms with Gasteiger partial charge in [-0.25, -0.2) is 14.2 Å². The number of hydrogen-bond acceptors (Lipinski definition) is 6. The molecule has 0 saturated carbocycles. The van der Waals surface area contributed by atoms with Crippen LogP contribution in [0.1, 0.15) is 28.4 Å². The van der Waals surface area contributed by atoms with Crippen molar-refractivity contribution in [1.29, 1.82) is 0 Å². The maximum atomic E-state index is 13.2. The van der Waals surface area contributed by atoms with Gasteiger partial charge in [0.15, 0.2) is 0 Å². The molecule has 4 rings (SSSR count). The Morgan fingerprint density at radius 3 is 2.41 bits per heavy atom. The van der Waals surface area contributed by atoms with E-state index in [1.54, 1.807) is 55.5 Å². The number of benzene rings is 3. The number of aliphatic hydroxyl groups is 1. The number of ether oxygens (including phenoxy) is 2. The van der Waals surface area contributed by atoms with E-state index in [2.05, 4.69) is 36.9 Å². The molecule has 1 heterocycles. The second-order valence-electron chi connectivity index (χ2n) is 7.99. The van der Waals surface area contributed by atoms with E-state index >= 15 is 0 Å². The van der Waals surface area contributed by atoms with Crippen LogP contribution in [0.2, 0.25) is 5.02 Å². The lowest BCUT2D eigenvalue weighted by atomic mass is 10.1. The molecule has 0 fully saturated rings. The van der Waals surface area contributed by atoms with Crippen LogP contribution in [0.4, 0.5) is 4.39 Å². The van der Waals surface area contributed by atoms with Crippen molar-refractivity contribution >= 4 is 78.2 Å². The highest BCUT2D eigenvalue weighted by Gasteiger charge is 2.34. The Morgan fingerprint density at radius 2 is 1.77 bits per heavy atom. The number of carbonyl (C=O) groups excluding carboxylic acids is 2. The molecule has 39 heavy (non-hydrogen) atoms. The van der Waals surface area contributed by atoms with Crippen LogP contribution in [0.15, 0.2) is 90.8 Å². The minimum atomic E-state index is -0.802. The quantitative estimate of drug-likeness (QED) is 0.251. The van der Waals surface area contributed by atoms with Gasteiger partial charge >= 0.3 is 5.97 Å². The van der Waals surface area contributed by atoms with Crippen molar-refractivity contribution in [1.82, 2.24) is 0 Å². The topological polar surface area (TPSA) is 85.2 Å². The average molecular weight is 696 g/mol. The van der Waals surface area contributed by atoms with Crippen LogP contribution in [0.25, 0.3) is 6.08 Å². The van der Waals surface area contributed by atoms with E-state index in [1.807, 2.05) is 0 Å².